The van der Waals surface area contributed by atoms with Crippen molar-refractivity contribution in [3.8, 4) is 0 Å². The number of hydroxylamine groups is 2. The van der Waals surface area contributed by atoms with Crippen molar-refractivity contribution in [3.63, 3.8) is 0 Å². The fourth-order valence-electron chi connectivity index (χ4n) is 5.11. The minimum Gasteiger partial charge on any atom is -0.320 e. The SMILES string of the molecule is CC1(C)C[C@H](c2ccccc2)[C@H](CC(c2ccccc2)=[N+]2CCCC2)N(O[Si](C)(C)C(C)(C)C)O1. The van der Waals surface area contributed by atoms with Gasteiger partial charge in [0.15, 0.2) is 5.71 Å². The molecule has 4 nitrogen and oxygen atoms in total. The molecule has 2 aliphatic heterocycles. The van der Waals surface area contributed by atoms with Crippen molar-refractivity contribution >= 4 is 14.0 Å². The van der Waals surface area contributed by atoms with Gasteiger partial charge in [-0.2, -0.15) is 0 Å². The first-order valence-corrected chi connectivity index (χ1v) is 16.3. The Labute approximate surface area is 214 Å². The number of nitrogens with zero attached hydrogens (tertiary/aromatic N) is 2. The quantitative estimate of drug-likeness (QED) is 0.315. The Morgan fingerprint density at radius 1 is 1.00 bits per heavy atom. The molecule has 0 aromatic heterocycles. The van der Waals surface area contributed by atoms with Crippen LogP contribution in [0.4, 0.5) is 0 Å². The Balaban J connectivity index is 1.79. The molecule has 0 unspecified atom stereocenters. The lowest BCUT2D eigenvalue weighted by atomic mass is 9.79. The Kier molecular flexibility index (Phi) is 7.73. The Bertz CT molecular complexity index is 1000. The maximum absolute atomic E-state index is 6.96. The molecule has 2 saturated heterocycles. The van der Waals surface area contributed by atoms with Gasteiger partial charge in [-0.1, -0.05) is 74.5 Å². The van der Waals surface area contributed by atoms with Crippen molar-refractivity contribution in [1.82, 2.24) is 5.23 Å². The Hall–Kier alpha value is -1.79. The van der Waals surface area contributed by atoms with E-state index < -0.39 is 8.32 Å². The average molecular weight is 494 g/mol. The highest BCUT2D eigenvalue weighted by molar-refractivity contribution is 6.74. The second-order valence-electron chi connectivity index (χ2n) is 12.5. The lowest BCUT2D eigenvalue weighted by Gasteiger charge is -2.50. The van der Waals surface area contributed by atoms with Crippen molar-refractivity contribution < 1.29 is 13.9 Å². The second-order valence-corrected chi connectivity index (χ2v) is 17.2. The van der Waals surface area contributed by atoms with Crippen LogP contribution in [-0.2, 0) is 9.36 Å². The standard InChI is InChI=1S/C30H45N2O2Si/c1-29(2,3)35(6,7)34-32-28(26(23-30(4,5)33-32)24-16-10-8-11-17-24)22-27(31-20-14-15-21-31)25-18-12-9-13-19-25/h8-13,16-19,26,28H,14-15,20-23H2,1-7H3/q+1/t26-,28+/m1/s1. The number of hydrogen-bond donors (Lipinski definition) is 0. The highest BCUT2D eigenvalue weighted by atomic mass is 28.4. The number of rotatable bonds is 6. The summed E-state index contributed by atoms with van der Waals surface area (Å²) < 4.78 is 9.56. The van der Waals surface area contributed by atoms with E-state index in [9.17, 15) is 0 Å². The monoisotopic (exact) mass is 493 g/mol. The largest absolute Gasteiger partial charge is 0.320 e. The minimum absolute atomic E-state index is 0.0890. The molecular formula is C30H45N2O2Si+. The van der Waals surface area contributed by atoms with Gasteiger partial charge in [0.2, 0.25) is 8.32 Å². The molecule has 190 valence electrons. The van der Waals surface area contributed by atoms with Crippen LogP contribution in [0.1, 0.15) is 77.3 Å². The van der Waals surface area contributed by atoms with Gasteiger partial charge in [0.05, 0.1) is 18.1 Å². The molecule has 5 heteroatoms. The topological polar surface area (TPSA) is 24.7 Å². The van der Waals surface area contributed by atoms with Gasteiger partial charge in [-0.15, -0.1) is 0 Å². The molecule has 2 atom stereocenters. The van der Waals surface area contributed by atoms with Gasteiger partial charge in [0.1, 0.15) is 13.1 Å². The number of hydrogen-bond acceptors (Lipinski definition) is 3. The Morgan fingerprint density at radius 3 is 2.14 bits per heavy atom. The summed E-state index contributed by atoms with van der Waals surface area (Å²) in [4.78, 5) is 6.68. The summed E-state index contributed by atoms with van der Waals surface area (Å²) in [6, 6.07) is 22.0. The first kappa shape index (κ1) is 26.3. The molecule has 4 rings (SSSR count). The smallest absolute Gasteiger partial charge is 0.223 e. The average Bonchev–Trinajstić information content (AvgIpc) is 3.32. The zero-order valence-corrected chi connectivity index (χ0v) is 23.9. The molecule has 2 fully saturated rings. The lowest BCUT2D eigenvalue weighted by Crippen LogP contribution is -2.57. The normalized spacial score (nSPS) is 23.5. The molecule has 0 radical (unpaired) electrons. The zero-order valence-electron chi connectivity index (χ0n) is 22.9. The second kappa shape index (κ2) is 10.3. The van der Waals surface area contributed by atoms with Gasteiger partial charge in [-0.25, -0.2) is 4.58 Å². The van der Waals surface area contributed by atoms with Gasteiger partial charge < -0.3 is 4.53 Å². The van der Waals surface area contributed by atoms with E-state index in [1.54, 1.807) is 0 Å². The summed E-state index contributed by atoms with van der Waals surface area (Å²) in [6.07, 6.45) is 4.38. The van der Waals surface area contributed by atoms with Crippen molar-refractivity contribution in [3.05, 3.63) is 71.8 Å². The molecule has 0 saturated carbocycles. The van der Waals surface area contributed by atoms with E-state index in [-0.39, 0.29) is 16.7 Å². The van der Waals surface area contributed by atoms with Crippen LogP contribution in [0.15, 0.2) is 60.7 Å². The zero-order chi connectivity index (χ0) is 25.3. The summed E-state index contributed by atoms with van der Waals surface area (Å²) in [5.74, 6) is 0.311. The van der Waals surface area contributed by atoms with Crippen LogP contribution in [0.3, 0.4) is 0 Å². The third kappa shape index (κ3) is 6.14. The van der Waals surface area contributed by atoms with E-state index >= 15 is 0 Å². The van der Waals surface area contributed by atoms with Crippen LogP contribution in [0.5, 0.6) is 0 Å². The van der Waals surface area contributed by atoms with Crippen molar-refractivity contribution in [2.24, 2.45) is 0 Å². The summed E-state index contributed by atoms with van der Waals surface area (Å²) in [5, 5.41) is 2.04. The molecule has 35 heavy (non-hydrogen) atoms. The maximum atomic E-state index is 6.96. The lowest BCUT2D eigenvalue weighted by molar-refractivity contribution is -0.507. The molecule has 0 spiro atoms. The highest BCUT2D eigenvalue weighted by Crippen LogP contribution is 2.44. The predicted molar refractivity (Wildman–Crippen MR) is 147 cm³/mol. The molecule has 0 amide bonds. The third-order valence-electron chi connectivity index (χ3n) is 8.13. The van der Waals surface area contributed by atoms with Gasteiger partial charge in [-0.3, -0.25) is 4.84 Å². The highest BCUT2D eigenvalue weighted by Gasteiger charge is 2.49. The van der Waals surface area contributed by atoms with E-state index in [1.807, 2.05) is 5.23 Å². The molecule has 0 bridgehead atoms. The number of benzene rings is 2. The predicted octanol–water partition coefficient (Wildman–Crippen LogP) is 7.18. The van der Waals surface area contributed by atoms with Gasteiger partial charge in [0, 0.05) is 24.3 Å². The van der Waals surface area contributed by atoms with E-state index in [4.69, 9.17) is 9.36 Å². The third-order valence-corrected chi connectivity index (χ3v) is 12.4. The fraction of sp³-hybridized carbons (Fsp3) is 0.567. The van der Waals surface area contributed by atoms with Crippen molar-refractivity contribution in [2.45, 2.75) is 96.0 Å². The van der Waals surface area contributed by atoms with Gasteiger partial charge in [0.25, 0.3) is 0 Å². The molecule has 2 aromatic carbocycles. The van der Waals surface area contributed by atoms with E-state index in [0.29, 0.717) is 5.92 Å². The Morgan fingerprint density at radius 2 is 1.57 bits per heavy atom. The van der Waals surface area contributed by atoms with Crippen LogP contribution in [0.2, 0.25) is 18.1 Å². The fourth-order valence-corrected chi connectivity index (χ4v) is 6.01. The van der Waals surface area contributed by atoms with Gasteiger partial charge in [-0.05, 0) is 56.1 Å². The van der Waals surface area contributed by atoms with E-state index in [1.165, 1.54) is 29.7 Å². The molecule has 2 aromatic rings. The molecule has 0 N–H and O–H groups in total. The van der Waals surface area contributed by atoms with Crippen LogP contribution in [0, 0.1) is 0 Å². The molecule has 2 heterocycles. The van der Waals surface area contributed by atoms with Crippen molar-refractivity contribution in [2.75, 3.05) is 13.1 Å². The summed E-state index contributed by atoms with van der Waals surface area (Å²) >= 11 is 0. The minimum atomic E-state index is -2.11. The van der Waals surface area contributed by atoms with Crippen LogP contribution in [0.25, 0.3) is 0 Å². The first-order valence-electron chi connectivity index (χ1n) is 13.4. The van der Waals surface area contributed by atoms with Crippen LogP contribution in [-0.4, -0.2) is 48.6 Å². The molecule has 2 aliphatic rings. The summed E-state index contributed by atoms with van der Waals surface area (Å²) in [5.41, 5.74) is 3.80. The summed E-state index contributed by atoms with van der Waals surface area (Å²) in [6.45, 7) is 18.2. The van der Waals surface area contributed by atoms with Gasteiger partial charge >= 0.3 is 0 Å². The van der Waals surface area contributed by atoms with Crippen LogP contribution < -0.4 is 0 Å². The summed E-state index contributed by atoms with van der Waals surface area (Å²) in [7, 11) is -2.11. The molecule has 0 aliphatic carbocycles. The maximum Gasteiger partial charge on any atom is 0.223 e. The van der Waals surface area contributed by atoms with Crippen LogP contribution >= 0.6 is 0 Å². The molecular weight excluding hydrogens is 448 g/mol. The van der Waals surface area contributed by atoms with E-state index in [0.717, 1.165) is 25.9 Å². The van der Waals surface area contributed by atoms with E-state index in [2.05, 4.69) is 113 Å². The first-order chi connectivity index (χ1) is 16.5. The van der Waals surface area contributed by atoms with Crippen molar-refractivity contribution in [1.29, 1.82) is 0 Å².